The minimum absolute atomic E-state index is 0.152. The number of nitrogens with zero attached hydrogens (tertiary/aromatic N) is 3. The first kappa shape index (κ1) is 17.0. The SMILES string of the molecule is CNc1nnc(SCC(=O)N(Cc2ccc(OC)cc2)C2CC2)s1. The van der Waals surface area contributed by atoms with Crippen LogP contribution in [-0.4, -0.2) is 47.0 Å². The molecule has 0 aliphatic heterocycles. The molecule has 24 heavy (non-hydrogen) atoms. The van der Waals surface area contributed by atoms with Gasteiger partial charge in [-0.05, 0) is 30.5 Å². The minimum Gasteiger partial charge on any atom is -0.497 e. The summed E-state index contributed by atoms with van der Waals surface area (Å²) in [5.74, 6) is 1.38. The summed E-state index contributed by atoms with van der Waals surface area (Å²) in [5, 5.41) is 11.8. The van der Waals surface area contributed by atoms with Crippen molar-refractivity contribution in [3.8, 4) is 5.75 Å². The topological polar surface area (TPSA) is 67.4 Å². The largest absolute Gasteiger partial charge is 0.497 e. The normalized spacial score (nSPS) is 13.6. The van der Waals surface area contributed by atoms with Crippen molar-refractivity contribution in [2.75, 3.05) is 25.2 Å². The van der Waals surface area contributed by atoms with Crippen molar-refractivity contribution in [2.45, 2.75) is 29.8 Å². The van der Waals surface area contributed by atoms with Crippen LogP contribution in [0.2, 0.25) is 0 Å². The quantitative estimate of drug-likeness (QED) is 0.727. The predicted molar refractivity (Wildman–Crippen MR) is 96.7 cm³/mol. The first-order chi connectivity index (χ1) is 11.7. The third-order valence-electron chi connectivity index (χ3n) is 3.76. The number of amides is 1. The Balaban J connectivity index is 1.58. The lowest BCUT2D eigenvalue weighted by molar-refractivity contribution is -0.129. The molecule has 0 saturated heterocycles. The number of anilines is 1. The molecule has 6 nitrogen and oxygen atoms in total. The highest BCUT2D eigenvalue weighted by molar-refractivity contribution is 8.01. The van der Waals surface area contributed by atoms with E-state index < -0.39 is 0 Å². The van der Waals surface area contributed by atoms with E-state index in [1.54, 1.807) is 7.11 Å². The van der Waals surface area contributed by atoms with Crippen LogP contribution < -0.4 is 10.1 Å². The number of benzene rings is 1. The Bertz CT molecular complexity index is 686. The van der Waals surface area contributed by atoms with Crippen LogP contribution in [0.4, 0.5) is 5.13 Å². The van der Waals surface area contributed by atoms with E-state index in [0.717, 1.165) is 33.6 Å². The van der Waals surface area contributed by atoms with Crippen molar-refractivity contribution in [3.63, 3.8) is 0 Å². The lowest BCUT2D eigenvalue weighted by atomic mass is 10.2. The Hall–Kier alpha value is -1.80. The molecule has 0 unspecified atom stereocenters. The van der Waals surface area contributed by atoms with Gasteiger partial charge in [0, 0.05) is 19.6 Å². The Labute approximate surface area is 149 Å². The summed E-state index contributed by atoms with van der Waals surface area (Å²) in [6.45, 7) is 0.645. The molecule has 0 spiro atoms. The monoisotopic (exact) mass is 364 g/mol. The van der Waals surface area contributed by atoms with Gasteiger partial charge < -0.3 is 15.0 Å². The molecule has 1 amide bonds. The number of methoxy groups -OCH3 is 1. The van der Waals surface area contributed by atoms with Crippen LogP contribution in [0.25, 0.3) is 0 Å². The van der Waals surface area contributed by atoms with Gasteiger partial charge >= 0.3 is 0 Å². The number of aromatic nitrogens is 2. The second-order valence-corrected chi connectivity index (χ2v) is 7.71. The summed E-state index contributed by atoms with van der Waals surface area (Å²) in [6, 6.07) is 8.26. The third kappa shape index (κ3) is 4.39. The molecule has 1 N–H and O–H groups in total. The van der Waals surface area contributed by atoms with Crippen molar-refractivity contribution < 1.29 is 9.53 Å². The summed E-state index contributed by atoms with van der Waals surface area (Å²) in [5.41, 5.74) is 1.12. The fourth-order valence-corrected chi connectivity index (χ4v) is 3.90. The molecule has 1 heterocycles. The van der Waals surface area contributed by atoms with Crippen LogP contribution in [-0.2, 0) is 11.3 Å². The number of rotatable bonds is 8. The third-order valence-corrected chi connectivity index (χ3v) is 5.82. The van der Waals surface area contributed by atoms with Crippen LogP contribution in [0.3, 0.4) is 0 Å². The second-order valence-electron chi connectivity index (χ2n) is 5.51. The van der Waals surface area contributed by atoms with Gasteiger partial charge in [0.1, 0.15) is 5.75 Å². The second kappa shape index (κ2) is 7.85. The zero-order valence-corrected chi connectivity index (χ0v) is 15.3. The predicted octanol–water partition coefficient (Wildman–Crippen LogP) is 2.87. The molecule has 128 valence electrons. The zero-order chi connectivity index (χ0) is 16.9. The molecule has 1 aromatic carbocycles. The summed E-state index contributed by atoms with van der Waals surface area (Å²) in [4.78, 5) is 14.6. The highest BCUT2D eigenvalue weighted by Crippen LogP contribution is 2.31. The number of carbonyl (C=O) groups is 1. The first-order valence-corrected chi connectivity index (χ1v) is 9.56. The molecule has 2 aromatic rings. The minimum atomic E-state index is 0.152. The first-order valence-electron chi connectivity index (χ1n) is 7.76. The molecule has 1 aliphatic rings. The van der Waals surface area contributed by atoms with Gasteiger partial charge in [-0.1, -0.05) is 35.2 Å². The van der Waals surface area contributed by atoms with E-state index >= 15 is 0 Å². The Morgan fingerprint density at radius 3 is 2.71 bits per heavy atom. The number of carbonyl (C=O) groups excluding carboxylic acids is 1. The van der Waals surface area contributed by atoms with Gasteiger partial charge in [-0.2, -0.15) is 0 Å². The van der Waals surface area contributed by atoms with Gasteiger partial charge in [0.25, 0.3) is 0 Å². The summed E-state index contributed by atoms with van der Waals surface area (Å²) < 4.78 is 5.99. The fourth-order valence-electron chi connectivity index (χ4n) is 2.31. The molecule has 3 rings (SSSR count). The Kier molecular flexibility index (Phi) is 5.57. The van der Waals surface area contributed by atoms with Gasteiger partial charge in [0.05, 0.1) is 12.9 Å². The number of hydrogen-bond acceptors (Lipinski definition) is 7. The summed E-state index contributed by atoms with van der Waals surface area (Å²) in [6.07, 6.45) is 2.19. The smallest absolute Gasteiger partial charge is 0.233 e. The van der Waals surface area contributed by atoms with Crippen LogP contribution in [0, 0.1) is 0 Å². The van der Waals surface area contributed by atoms with E-state index in [1.165, 1.54) is 23.1 Å². The van der Waals surface area contributed by atoms with Crippen molar-refractivity contribution in [3.05, 3.63) is 29.8 Å². The summed E-state index contributed by atoms with van der Waals surface area (Å²) in [7, 11) is 3.46. The van der Waals surface area contributed by atoms with Crippen LogP contribution in [0.15, 0.2) is 28.6 Å². The standard InChI is InChI=1S/C16H20N4O2S2/c1-17-15-18-19-16(24-15)23-10-14(21)20(12-5-6-12)9-11-3-7-13(22-2)8-4-11/h3-4,7-8,12H,5-6,9-10H2,1-2H3,(H,17,18). The molecule has 8 heteroatoms. The van der Waals surface area contributed by atoms with E-state index in [2.05, 4.69) is 15.5 Å². The number of hydrogen-bond donors (Lipinski definition) is 1. The van der Waals surface area contributed by atoms with Gasteiger partial charge in [-0.25, -0.2) is 0 Å². The van der Waals surface area contributed by atoms with Gasteiger partial charge in [-0.3, -0.25) is 4.79 Å². The highest BCUT2D eigenvalue weighted by atomic mass is 32.2. The molecule has 1 fully saturated rings. The van der Waals surface area contributed by atoms with Crippen molar-refractivity contribution in [1.82, 2.24) is 15.1 Å². The number of nitrogens with one attached hydrogen (secondary N) is 1. The molecule has 1 aromatic heterocycles. The van der Waals surface area contributed by atoms with E-state index in [-0.39, 0.29) is 5.91 Å². The van der Waals surface area contributed by atoms with E-state index in [4.69, 9.17) is 4.74 Å². The van der Waals surface area contributed by atoms with Gasteiger partial charge in [-0.15, -0.1) is 10.2 Å². The lowest BCUT2D eigenvalue weighted by Gasteiger charge is -2.22. The van der Waals surface area contributed by atoms with E-state index in [0.29, 0.717) is 18.3 Å². The fraction of sp³-hybridized carbons (Fsp3) is 0.438. The Morgan fingerprint density at radius 2 is 2.12 bits per heavy atom. The molecule has 1 saturated carbocycles. The molecule has 0 radical (unpaired) electrons. The summed E-state index contributed by atoms with van der Waals surface area (Å²) >= 11 is 2.91. The van der Waals surface area contributed by atoms with Crippen molar-refractivity contribution >= 4 is 34.1 Å². The van der Waals surface area contributed by atoms with Gasteiger partial charge in [0.2, 0.25) is 11.0 Å². The van der Waals surface area contributed by atoms with Gasteiger partial charge in [0.15, 0.2) is 4.34 Å². The van der Waals surface area contributed by atoms with Crippen LogP contribution >= 0.6 is 23.1 Å². The Morgan fingerprint density at radius 1 is 1.38 bits per heavy atom. The van der Waals surface area contributed by atoms with Crippen LogP contribution in [0.5, 0.6) is 5.75 Å². The van der Waals surface area contributed by atoms with E-state index in [1.807, 2.05) is 36.2 Å². The molecular formula is C16H20N4O2S2. The number of thioether (sulfide) groups is 1. The van der Waals surface area contributed by atoms with Crippen molar-refractivity contribution in [2.24, 2.45) is 0 Å². The molecule has 0 atom stereocenters. The maximum absolute atomic E-state index is 12.6. The average molecular weight is 364 g/mol. The van der Waals surface area contributed by atoms with Crippen LogP contribution in [0.1, 0.15) is 18.4 Å². The molecular weight excluding hydrogens is 344 g/mol. The van der Waals surface area contributed by atoms with E-state index in [9.17, 15) is 4.79 Å². The lowest BCUT2D eigenvalue weighted by Crippen LogP contribution is -2.33. The van der Waals surface area contributed by atoms with Crippen molar-refractivity contribution in [1.29, 1.82) is 0 Å². The maximum Gasteiger partial charge on any atom is 0.233 e. The highest BCUT2D eigenvalue weighted by Gasteiger charge is 2.32. The zero-order valence-electron chi connectivity index (χ0n) is 13.7. The molecule has 1 aliphatic carbocycles. The maximum atomic E-state index is 12.6. The molecule has 0 bridgehead atoms. The average Bonchev–Trinajstić information content (AvgIpc) is 3.35. The number of ether oxygens (including phenoxy) is 1.